The van der Waals surface area contributed by atoms with Crippen LogP contribution in [-0.4, -0.2) is 59.1 Å². The summed E-state index contributed by atoms with van der Waals surface area (Å²) >= 11 is 0. The molecule has 0 spiro atoms. The van der Waals surface area contributed by atoms with Gasteiger partial charge in [-0.25, -0.2) is 8.42 Å². The zero-order chi connectivity index (χ0) is 20.1. The highest BCUT2D eigenvalue weighted by Gasteiger charge is 2.21. The van der Waals surface area contributed by atoms with Gasteiger partial charge in [0, 0.05) is 5.69 Å². The average molecular weight is 405 g/mol. The van der Waals surface area contributed by atoms with Crippen molar-refractivity contribution < 1.29 is 22.8 Å². The van der Waals surface area contributed by atoms with Gasteiger partial charge < -0.3 is 14.5 Å². The maximum absolute atomic E-state index is 12.5. The number of benzene rings is 2. The van der Waals surface area contributed by atoms with Crippen molar-refractivity contribution in [2.75, 3.05) is 44.6 Å². The summed E-state index contributed by atoms with van der Waals surface area (Å²) in [7, 11) is -1.57. The van der Waals surface area contributed by atoms with Crippen molar-refractivity contribution >= 4 is 21.6 Å². The van der Waals surface area contributed by atoms with Crippen LogP contribution in [0.4, 0.5) is 5.69 Å². The lowest BCUT2D eigenvalue weighted by molar-refractivity contribution is -0.883. The summed E-state index contributed by atoms with van der Waals surface area (Å²) in [5.41, 5.74) is 1.56. The van der Waals surface area contributed by atoms with Crippen LogP contribution in [0.1, 0.15) is 5.56 Å². The Morgan fingerprint density at radius 3 is 2.29 bits per heavy atom. The highest BCUT2D eigenvalue weighted by molar-refractivity contribution is 7.92. The van der Waals surface area contributed by atoms with E-state index in [1.54, 1.807) is 29.2 Å². The molecule has 7 nitrogen and oxygen atoms in total. The summed E-state index contributed by atoms with van der Waals surface area (Å²) in [5.74, 6) is 0.410. The Morgan fingerprint density at radius 2 is 1.68 bits per heavy atom. The van der Waals surface area contributed by atoms with Gasteiger partial charge in [0.1, 0.15) is 5.75 Å². The Hall–Kier alpha value is -2.58. The quantitative estimate of drug-likeness (QED) is 0.736. The molecule has 2 aromatic rings. The second-order valence-electron chi connectivity index (χ2n) is 7.07. The molecule has 0 aromatic heterocycles. The van der Waals surface area contributed by atoms with Crippen LogP contribution in [0.15, 0.2) is 53.4 Å². The van der Waals surface area contributed by atoms with Crippen LogP contribution in [0.3, 0.4) is 0 Å². The topological polar surface area (TPSA) is 80.1 Å². The fraction of sp³-hybridized carbons (Fsp3) is 0.350. The van der Waals surface area contributed by atoms with Gasteiger partial charge in [-0.15, -0.1) is 0 Å². The van der Waals surface area contributed by atoms with Crippen molar-refractivity contribution in [3.63, 3.8) is 0 Å². The molecule has 0 aliphatic carbocycles. The van der Waals surface area contributed by atoms with E-state index in [-0.39, 0.29) is 17.4 Å². The largest absolute Gasteiger partial charge is 0.484 e. The van der Waals surface area contributed by atoms with Gasteiger partial charge in [0.05, 0.1) is 38.1 Å². The van der Waals surface area contributed by atoms with Gasteiger partial charge >= 0.3 is 0 Å². The molecule has 1 heterocycles. The minimum Gasteiger partial charge on any atom is -0.484 e. The zero-order valence-electron chi connectivity index (χ0n) is 16.1. The Labute approximate surface area is 166 Å². The van der Waals surface area contributed by atoms with Gasteiger partial charge in [0.25, 0.3) is 15.9 Å². The molecule has 0 bridgehead atoms. The number of nitrogens with zero attached hydrogens (tertiary/aromatic N) is 1. The Balaban J connectivity index is 1.56. The van der Waals surface area contributed by atoms with Crippen molar-refractivity contribution in [1.82, 2.24) is 4.90 Å². The van der Waals surface area contributed by atoms with Gasteiger partial charge in [-0.3, -0.25) is 9.52 Å². The number of ether oxygens (including phenoxy) is 1. The van der Waals surface area contributed by atoms with Crippen LogP contribution in [0.25, 0.3) is 0 Å². The third kappa shape index (κ3) is 5.24. The third-order valence-electron chi connectivity index (χ3n) is 4.77. The molecule has 1 fully saturated rings. The minimum absolute atomic E-state index is 0.0488. The summed E-state index contributed by atoms with van der Waals surface area (Å²) in [6, 6.07) is 13.2. The number of nitrogens with one attached hydrogen (secondary N) is 2. The Morgan fingerprint density at radius 1 is 1.07 bits per heavy atom. The second kappa shape index (κ2) is 8.62. The van der Waals surface area contributed by atoms with Crippen LogP contribution < -0.4 is 14.4 Å². The predicted octanol–water partition coefficient (Wildman–Crippen LogP) is 0.532. The molecule has 150 valence electrons. The molecule has 3 rings (SSSR count). The molecule has 1 saturated heterocycles. The predicted molar refractivity (Wildman–Crippen MR) is 107 cm³/mol. The van der Waals surface area contributed by atoms with E-state index in [1.807, 2.05) is 19.1 Å². The maximum atomic E-state index is 12.5. The summed E-state index contributed by atoms with van der Waals surface area (Å²) in [5, 5.41) is 0. The molecule has 0 unspecified atom stereocenters. The van der Waals surface area contributed by atoms with Crippen LogP contribution in [0, 0.1) is 6.92 Å². The first-order valence-corrected chi connectivity index (χ1v) is 10.7. The summed E-state index contributed by atoms with van der Waals surface area (Å²) in [6.45, 7) is 5.23. The molecule has 0 saturated carbocycles. The highest BCUT2D eigenvalue weighted by Crippen LogP contribution is 2.19. The first kappa shape index (κ1) is 20.2. The number of quaternary nitrogens is 1. The lowest BCUT2D eigenvalue weighted by atomic mass is 10.2. The molecule has 0 radical (unpaired) electrons. The molecule has 1 amide bonds. The molecule has 1 aliphatic rings. The van der Waals surface area contributed by atoms with Crippen LogP contribution in [-0.2, 0) is 14.8 Å². The highest BCUT2D eigenvalue weighted by atomic mass is 32.2. The second-order valence-corrected chi connectivity index (χ2v) is 8.75. The van der Waals surface area contributed by atoms with E-state index in [2.05, 4.69) is 11.8 Å². The van der Waals surface area contributed by atoms with E-state index < -0.39 is 10.0 Å². The van der Waals surface area contributed by atoms with Crippen LogP contribution in [0.2, 0.25) is 0 Å². The fourth-order valence-electron chi connectivity index (χ4n) is 2.92. The number of piperazine rings is 1. The van der Waals surface area contributed by atoms with Crippen molar-refractivity contribution in [1.29, 1.82) is 0 Å². The molecular formula is C20H26N3O4S+. The van der Waals surface area contributed by atoms with Gasteiger partial charge in [-0.1, -0.05) is 17.7 Å². The van der Waals surface area contributed by atoms with E-state index in [4.69, 9.17) is 4.74 Å². The number of hydrogen-bond donors (Lipinski definition) is 2. The van der Waals surface area contributed by atoms with E-state index in [0.717, 1.165) is 31.7 Å². The lowest BCUT2D eigenvalue weighted by Crippen LogP contribution is -3.12. The standard InChI is InChI=1S/C20H25N3O4S/c1-16-3-5-17(6-4-16)21-28(25,26)19-9-7-18(8-10-19)27-15-20(24)23-13-11-22(2)12-14-23/h3-10,21H,11-15H2,1-2H3/p+1. The fourth-order valence-corrected chi connectivity index (χ4v) is 3.98. The lowest BCUT2D eigenvalue weighted by Gasteiger charge is -2.29. The first-order chi connectivity index (χ1) is 13.3. The first-order valence-electron chi connectivity index (χ1n) is 9.25. The zero-order valence-corrected chi connectivity index (χ0v) is 17.0. The van der Waals surface area contributed by atoms with Crippen molar-refractivity contribution in [3.05, 3.63) is 54.1 Å². The molecule has 2 aromatic carbocycles. The number of aryl methyl sites for hydroxylation is 1. The summed E-state index contributed by atoms with van der Waals surface area (Å²) in [4.78, 5) is 15.6. The summed E-state index contributed by atoms with van der Waals surface area (Å²) < 4.78 is 33.0. The van der Waals surface area contributed by atoms with Gasteiger partial charge in [-0.2, -0.15) is 0 Å². The van der Waals surface area contributed by atoms with Gasteiger partial charge in [-0.05, 0) is 43.3 Å². The smallest absolute Gasteiger partial charge is 0.261 e. The van der Waals surface area contributed by atoms with Crippen LogP contribution >= 0.6 is 0 Å². The van der Waals surface area contributed by atoms with Crippen molar-refractivity contribution in [2.45, 2.75) is 11.8 Å². The molecular weight excluding hydrogens is 378 g/mol. The van der Waals surface area contributed by atoms with E-state index in [9.17, 15) is 13.2 Å². The van der Waals surface area contributed by atoms with Gasteiger partial charge in [0.2, 0.25) is 0 Å². The monoisotopic (exact) mass is 404 g/mol. The van der Waals surface area contributed by atoms with Crippen molar-refractivity contribution in [3.8, 4) is 5.75 Å². The number of carbonyl (C=O) groups excluding carboxylic acids is 1. The average Bonchev–Trinajstić information content (AvgIpc) is 2.68. The normalized spacial score (nSPS) is 15.3. The van der Waals surface area contributed by atoms with Gasteiger partial charge in [0.15, 0.2) is 6.61 Å². The molecule has 1 aliphatic heterocycles. The number of amides is 1. The summed E-state index contributed by atoms with van der Waals surface area (Å²) in [6.07, 6.45) is 0. The number of likely N-dealkylation sites (N-methyl/N-ethyl adjacent to an activating group) is 1. The maximum Gasteiger partial charge on any atom is 0.261 e. The molecule has 8 heteroatoms. The minimum atomic E-state index is -3.68. The number of hydrogen-bond acceptors (Lipinski definition) is 4. The third-order valence-corrected chi connectivity index (χ3v) is 6.17. The van der Waals surface area contributed by atoms with E-state index in [0.29, 0.717) is 11.4 Å². The van der Waals surface area contributed by atoms with E-state index in [1.165, 1.54) is 17.0 Å². The van der Waals surface area contributed by atoms with E-state index >= 15 is 0 Å². The number of sulfonamides is 1. The van der Waals surface area contributed by atoms with Crippen LogP contribution in [0.5, 0.6) is 5.75 Å². The molecule has 0 atom stereocenters. The number of rotatable bonds is 6. The number of carbonyl (C=O) groups is 1. The van der Waals surface area contributed by atoms with Crippen molar-refractivity contribution in [2.24, 2.45) is 0 Å². The number of anilines is 1. The SMILES string of the molecule is Cc1ccc(NS(=O)(=O)c2ccc(OCC(=O)N3CC[NH+](C)CC3)cc2)cc1. The molecule has 28 heavy (non-hydrogen) atoms. The molecule has 2 N–H and O–H groups in total. The Kier molecular flexibility index (Phi) is 6.21. The Bertz CT molecular complexity index is 903.